The number of halogens is 4. The van der Waals surface area contributed by atoms with Gasteiger partial charge in [0.2, 0.25) is 0 Å². The minimum atomic E-state index is -1.42. The molecular formula is C14H15F4N3. The molecule has 0 saturated heterocycles. The molecule has 114 valence electrons. The Labute approximate surface area is 119 Å². The SMILES string of the molecule is CN=C(NCc1c(F)c(F)cc(F)c1F)NC1CC=CC1. The molecule has 0 aliphatic heterocycles. The number of aliphatic imine (C=N–C) groups is 1. The van der Waals surface area contributed by atoms with Crippen molar-refractivity contribution in [2.75, 3.05) is 7.05 Å². The maximum atomic E-state index is 13.5. The first kappa shape index (κ1) is 15.3. The van der Waals surface area contributed by atoms with E-state index in [1.165, 1.54) is 7.05 Å². The third-order valence-corrected chi connectivity index (χ3v) is 3.21. The fraction of sp³-hybridized carbons (Fsp3) is 0.357. The van der Waals surface area contributed by atoms with E-state index in [4.69, 9.17) is 0 Å². The Morgan fingerprint density at radius 1 is 1.14 bits per heavy atom. The lowest BCUT2D eigenvalue weighted by atomic mass is 10.2. The predicted octanol–water partition coefficient (Wildman–Crippen LogP) is 2.63. The summed E-state index contributed by atoms with van der Waals surface area (Å²) in [5.41, 5.74) is -0.694. The molecule has 0 saturated carbocycles. The second kappa shape index (κ2) is 6.60. The molecule has 1 aromatic rings. The van der Waals surface area contributed by atoms with Crippen LogP contribution in [0.2, 0.25) is 0 Å². The Kier molecular flexibility index (Phi) is 4.82. The summed E-state index contributed by atoms with van der Waals surface area (Å²) < 4.78 is 53.2. The van der Waals surface area contributed by atoms with Crippen LogP contribution in [0.4, 0.5) is 17.6 Å². The fourth-order valence-corrected chi connectivity index (χ4v) is 2.07. The minimum Gasteiger partial charge on any atom is -0.353 e. The molecule has 0 bridgehead atoms. The monoisotopic (exact) mass is 301 g/mol. The predicted molar refractivity (Wildman–Crippen MR) is 71.8 cm³/mol. The summed E-state index contributed by atoms with van der Waals surface area (Å²) in [5.74, 6) is -5.34. The summed E-state index contributed by atoms with van der Waals surface area (Å²) in [5, 5.41) is 5.69. The smallest absolute Gasteiger partial charge is 0.191 e. The van der Waals surface area contributed by atoms with Gasteiger partial charge >= 0.3 is 0 Å². The van der Waals surface area contributed by atoms with Crippen LogP contribution in [0.5, 0.6) is 0 Å². The molecule has 1 aliphatic rings. The van der Waals surface area contributed by atoms with Crippen molar-refractivity contribution in [2.45, 2.75) is 25.4 Å². The van der Waals surface area contributed by atoms with Gasteiger partial charge in [-0.05, 0) is 12.8 Å². The van der Waals surface area contributed by atoms with Crippen molar-refractivity contribution < 1.29 is 17.6 Å². The molecule has 0 atom stereocenters. The molecule has 0 unspecified atom stereocenters. The van der Waals surface area contributed by atoms with Gasteiger partial charge in [-0.3, -0.25) is 4.99 Å². The highest BCUT2D eigenvalue weighted by molar-refractivity contribution is 5.80. The summed E-state index contributed by atoms with van der Waals surface area (Å²) in [6.07, 6.45) is 5.65. The molecule has 0 fully saturated rings. The normalized spacial score (nSPS) is 15.6. The quantitative estimate of drug-likeness (QED) is 0.296. The second-order valence-electron chi connectivity index (χ2n) is 4.66. The van der Waals surface area contributed by atoms with E-state index in [0.29, 0.717) is 5.96 Å². The number of guanidine groups is 1. The van der Waals surface area contributed by atoms with Crippen LogP contribution in [0.3, 0.4) is 0 Å². The topological polar surface area (TPSA) is 36.4 Å². The van der Waals surface area contributed by atoms with Crippen LogP contribution in [-0.2, 0) is 6.54 Å². The molecule has 3 nitrogen and oxygen atoms in total. The molecule has 1 aromatic carbocycles. The first-order valence-corrected chi connectivity index (χ1v) is 6.47. The molecule has 0 aromatic heterocycles. The van der Waals surface area contributed by atoms with Gasteiger partial charge in [0, 0.05) is 31.3 Å². The van der Waals surface area contributed by atoms with Gasteiger partial charge < -0.3 is 10.6 Å². The zero-order valence-corrected chi connectivity index (χ0v) is 11.4. The van der Waals surface area contributed by atoms with Crippen LogP contribution in [0, 0.1) is 23.3 Å². The molecule has 2 rings (SSSR count). The van der Waals surface area contributed by atoms with Gasteiger partial charge in [0.1, 0.15) is 0 Å². The van der Waals surface area contributed by atoms with Gasteiger partial charge in [-0.25, -0.2) is 17.6 Å². The molecule has 0 amide bonds. The van der Waals surface area contributed by atoms with Crippen molar-refractivity contribution in [3.63, 3.8) is 0 Å². The van der Waals surface area contributed by atoms with Gasteiger partial charge in [-0.2, -0.15) is 0 Å². The molecule has 7 heteroatoms. The highest BCUT2D eigenvalue weighted by Gasteiger charge is 2.19. The van der Waals surface area contributed by atoms with Crippen molar-refractivity contribution in [3.8, 4) is 0 Å². The second-order valence-corrected chi connectivity index (χ2v) is 4.66. The van der Waals surface area contributed by atoms with Crippen molar-refractivity contribution in [1.82, 2.24) is 10.6 Å². The molecular weight excluding hydrogens is 286 g/mol. The zero-order valence-electron chi connectivity index (χ0n) is 11.4. The molecule has 0 heterocycles. The van der Waals surface area contributed by atoms with Gasteiger partial charge in [-0.15, -0.1) is 0 Å². The number of hydrogen-bond acceptors (Lipinski definition) is 1. The highest BCUT2D eigenvalue weighted by Crippen LogP contribution is 2.19. The number of nitrogens with zero attached hydrogens (tertiary/aromatic N) is 1. The molecule has 1 aliphatic carbocycles. The average molecular weight is 301 g/mol. The van der Waals surface area contributed by atoms with Crippen LogP contribution in [0.25, 0.3) is 0 Å². The fourth-order valence-electron chi connectivity index (χ4n) is 2.07. The van der Waals surface area contributed by atoms with Crippen molar-refractivity contribution in [1.29, 1.82) is 0 Å². The molecule has 21 heavy (non-hydrogen) atoms. The lowest BCUT2D eigenvalue weighted by Gasteiger charge is -2.17. The zero-order chi connectivity index (χ0) is 15.4. The number of rotatable bonds is 3. The largest absolute Gasteiger partial charge is 0.353 e. The van der Waals surface area contributed by atoms with Crippen molar-refractivity contribution >= 4 is 5.96 Å². The van der Waals surface area contributed by atoms with Crippen molar-refractivity contribution in [3.05, 3.63) is 47.1 Å². The van der Waals surface area contributed by atoms with E-state index < -0.39 is 35.4 Å². The van der Waals surface area contributed by atoms with Crippen LogP contribution in [0.1, 0.15) is 18.4 Å². The van der Waals surface area contributed by atoms with Crippen LogP contribution < -0.4 is 10.6 Å². The van der Waals surface area contributed by atoms with Gasteiger partial charge in [0.25, 0.3) is 0 Å². The maximum absolute atomic E-state index is 13.5. The van der Waals surface area contributed by atoms with Crippen LogP contribution in [-0.4, -0.2) is 19.0 Å². The number of hydrogen-bond donors (Lipinski definition) is 2. The summed E-state index contributed by atoms with van der Waals surface area (Å²) in [6.45, 7) is -0.411. The number of nitrogens with one attached hydrogen (secondary N) is 2. The Morgan fingerprint density at radius 3 is 2.24 bits per heavy atom. The minimum absolute atomic E-state index is 0.148. The van der Waals surface area contributed by atoms with Crippen molar-refractivity contribution in [2.24, 2.45) is 4.99 Å². The van der Waals surface area contributed by atoms with E-state index in [-0.39, 0.29) is 12.1 Å². The highest BCUT2D eigenvalue weighted by atomic mass is 19.2. The van der Waals surface area contributed by atoms with Gasteiger partial charge in [-0.1, -0.05) is 12.2 Å². The Hall–Kier alpha value is -2.05. The average Bonchev–Trinajstić information content (AvgIpc) is 2.96. The molecule has 2 N–H and O–H groups in total. The summed E-state index contributed by atoms with van der Waals surface area (Å²) in [7, 11) is 1.50. The lowest BCUT2D eigenvalue weighted by molar-refractivity contribution is 0.436. The van der Waals surface area contributed by atoms with Crippen LogP contribution in [0.15, 0.2) is 23.2 Å². The summed E-state index contributed by atoms with van der Waals surface area (Å²) in [6, 6.07) is 0.334. The maximum Gasteiger partial charge on any atom is 0.191 e. The summed E-state index contributed by atoms with van der Waals surface area (Å²) >= 11 is 0. The third kappa shape index (κ3) is 3.53. The Bertz CT molecular complexity index is 550. The van der Waals surface area contributed by atoms with Crippen LogP contribution >= 0.6 is 0 Å². The van der Waals surface area contributed by atoms with E-state index in [9.17, 15) is 17.6 Å². The third-order valence-electron chi connectivity index (χ3n) is 3.21. The summed E-state index contributed by atoms with van der Waals surface area (Å²) in [4.78, 5) is 3.91. The van der Waals surface area contributed by atoms with E-state index in [1.807, 2.05) is 12.2 Å². The standard InChI is InChI=1S/C14H15F4N3/c1-19-14(21-8-4-2-3-5-8)20-7-9-12(17)10(15)6-11(16)13(9)18/h2-3,6,8H,4-5,7H2,1H3,(H2,19,20,21). The molecule has 0 radical (unpaired) electrons. The Morgan fingerprint density at radius 2 is 1.71 bits per heavy atom. The van der Waals surface area contributed by atoms with E-state index in [0.717, 1.165) is 12.8 Å². The van der Waals surface area contributed by atoms with Gasteiger partial charge in [0.15, 0.2) is 29.2 Å². The number of benzene rings is 1. The first-order chi connectivity index (χ1) is 10.0. The van der Waals surface area contributed by atoms with E-state index >= 15 is 0 Å². The van der Waals surface area contributed by atoms with Gasteiger partial charge in [0.05, 0.1) is 0 Å². The van der Waals surface area contributed by atoms with E-state index in [1.54, 1.807) is 0 Å². The molecule has 0 spiro atoms. The lowest BCUT2D eigenvalue weighted by Crippen LogP contribution is -2.42. The first-order valence-electron chi connectivity index (χ1n) is 6.47. The Balaban J connectivity index is 2.04. The van der Waals surface area contributed by atoms with E-state index in [2.05, 4.69) is 15.6 Å².